The van der Waals surface area contributed by atoms with E-state index in [-0.39, 0.29) is 6.10 Å². The van der Waals surface area contributed by atoms with E-state index in [2.05, 4.69) is 10.2 Å². The SMILES string of the molecule is CNCC1CCCN(CCC(C)O)C1. The predicted octanol–water partition coefficient (Wildman–Crippen LogP) is 0.689. The van der Waals surface area contributed by atoms with Gasteiger partial charge in [-0.15, -0.1) is 0 Å². The van der Waals surface area contributed by atoms with Crippen LogP contribution in [0.25, 0.3) is 0 Å². The maximum absolute atomic E-state index is 9.21. The van der Waals surface area contributed by atoms with Crippen molar-refractivity contribution in [3.63, 3.8) is 0 Å². The normalized spacial score (nSPS) is 26.4. The molecule has 0 saturated carbocycles. The van der Waals surface area contributed by atoms with Crippen LogP contribution in [-0.2, 0) is 0 Å². The van der Waals surface area contributed by atoms with Gasteiger partial charge in [0.25, 0.3) is 0 Å². The van der Waals surface area contributed by atoms with Gasteiger partial charge in [0.1, 0.15) is 0 Å². The first kappa shape index (κ1) is 12.0. The van der Waals surface area contributed by atoms with Gasteiger partial charge in [-0.25, -0.2) is 0 Å². The maximum Gasteiger partial charge on any atom is 0.0524 e. The van der Waals surface area contributed by atoms with E-state index in [1.165, 1.54) is 25.9 Å². The summed E-state index contributed by atoms with van der Waals surface area (Å²) in [4.78, 5) is 2.48. The molecule has 3 heteroatoms. The third-order valence-corrected chi connectivity index (χ3v) is 2.96. The molecule has 84 valence electrons. The summed E-state index contributed by atoms with van der Waals surface area (Å²) in [6.07, 6.45) is 3.42. The lowest BCUT2D eigenvalue weighted by Gasteiger charge is -2.32. The van der Waals surface area contributed by atoms with Crippen molar-refractivity contribution in [3.8, 4) is 0 Å². The largest absolute Gasteiger partial charge is 0.393 e. The molecule has 2 atom stereocenters. The van der Waals surface area contributed by atoms with E-state index < -0.39 is 0 Å². The highest BCUT2D eigenvalue weighted by molar-refractivity contribution is 4.74. The Morgan fingerprint density at radius 3 is 3.00 bits per heavy atom. The van der Waals surface area contributed by atoms with E-state index in [0.717, 1.165) is 25.4 Å². The Hall–Kier alpha value is -0.120. The van der Waals surface area contributed by atoms with Crippen LogP contribution in [0.2, 0.25) is 0 Å². The summed E-state index contributed by atoms with van der Waals surface area (Å²) >= 11 is 0. The van der Waals surface area contributed by atoms with Crippen molar-refractivity contribution in [1.82, 2.24) is 10.2 Å². The van der Waals surface area contributed by atoms with Crippen LogP contribution in [-0.4, -0.2) is 49.3 Å². The van der Waals surface area contributed by atoms with Crippen molar-refractivity contribution < 1.29 is 5.11 Å². The van der Waals surface area contributed by atoms with Crippen molar-refractivity contribution in [1.29, 1.82) is 0 Å². The minimum Gasteiger partial charge on any atom is -0.393 e. The van der Waals surface area contributed by atoms with Gasteiger partial charge >= 0.3 is 0 Å². The Labute approximate surface area is 87.5 Å². The van der Waals surface area contributed by atoms with Gasteiger partial charge in [-0.2, -0.15) is 0 Å². The third kappa shape index (κ3) is 4.40. The van der Waals surface area contributed by atoms with Gasteiger partial charge in [0, 0.05) is 13.1 Å². The van der Waals surface area contributed by atoms with Crippen LogP contribution in [0, 0.1) is 5.92 Å². The molecule has 0 aromatic heterocycles. The van der Waals surface area contributed by atoms with Gasteiger partial charge in [-0.05, 0) is 52.2 Å². The number of nitrogens with zero attached hydrogens (tertiary/aromatic N) is 1. The third-order valence-electron chi connectivity index (χ3n) is 2.96. The molecule has 1 heterocycles. The molecule has 0 amide bonds. The molecule has 0 aromatic carbocycles. The van der Waals surface area contributed by atoms with E-state index in [4.69, 9.17) is 0 Å². The molecule has 1 fully saturated rings. The van der Waals surface area contributed by atoms with Gasteiger partial charge in [-0.3, -0.25) is 0 Å². The Morgan fingerprint density at radius 1 is 1.57 bits per heavy atom. The molecule has 3 nitrogen and oxygen atoms in total. The summed E-state index contributed by atoms with van der Waals surface area (Å²) in [5.41, 5.74) is 0. The van der Waals surface area contributed by atoms with Gasteiger partial charge in [0.05, 0.1) is 6.10 Å². The lowest BCUT2D eigenvalue weighted by Crippen LogP contribution is -2.40. The van der Waals surface area contributed by atoms with Crippen molar-refractivity contribution in [2.75, 3.05) is 33.2 Å². The molecule has 2 N–H and O–H groups in total. The van der Waals surface area contributed by atoms with Crippen molar-refractivity contribution in [2.45, 2.75) is 32.3 Å². The molecule has 0 bridgehead atoms. The van der Waals surface area contributed by atoms with E-state index in [1.807, 2.05) is 14.0 Å². The lowest BCUT2D eigenvalue weighted by molar-refractivity contribution is 0.128. The first-order valence-electron chi connectivity index (χ1n) is 5.77. The first-order valence-corrected chi connectivity index (χ1v) is 5.77. The number of hydrogen-bond acceptors (Lipinski definition) is 3. The van der Waals surface area contributed by atoms with Crippen LogP contribution >= 0.6 is 0 Å². The quantitative estimate of drug-likeness (QED) is 0.685. The maximum atomic E-state index is 9.21. The van der Waals surface area contributed by atoms with Crippen LogP contribution in [0.15, 0.2) is 0 Å². The molecule has 0 aromatic rings. The van der Waals surface area contributed by atoms with Crippen LogP contribution in [0.4, 0.5) is 0 Å². The number of piperidine rings is 1. The summed E-state index contributed by atoms with van der Waals surface area (Å²) < 4.78 is 0. The lowest BCUT2D eigenvalue weighted by atomic mass is 9.98. The van der Waals surface area contributed by atoms with E-state index in [0.29, 0.717) is 0 Å². The second-order valence-corrected chi connectivity index (χ2v) is 4.50. The Kier molecular flexibility index (Phi) is 5.45. The molecule has 1 aliphatic rings. The zero-order valence-electron chi connectivity index (χ0n) is 9.50. The summed E-state index contributed by atoms with van der Waals surface area (Å²) in [6, 6.07) is 0. The fourth-order valence-electron chi connectivity index (χ4n) is 2.18. The topological polar surface area (TPSA) is 35.5 Å². The van der Waals surface area contributed by atoms with Crippen LogP contribution < -0.4 is 5.32 Å². The van der Waals surface area contributed by atoms with Crippen LogP contribution in [0.3, 0.4) is 0 Å². The summed E-state index contributed by atoms with van der Waals surface area (Å²) in [7, 11) is 2.02. The van der Waals surface area contributed by atoms with Gasteiger partial charge in [-0.1, -0.05) is 0 Å². The van der Waals surface area contributed by atoms with Gasteiger partial charge in [0.15, 0.2) is 0 Å². The average molecular weight is 200 g/mol. The molecule has 2 unspecified atom stereocenters. The van der Waals surface area contributed by atoms with Gasteiger partial charge in [0.2, 0.25) is 0 Å². The number of rotatable bonds is 5. The fourth-order valence-corrected chi connectivity index (χ4v) is 2.18. The highest BCUT2D eigenvalue weighted by Crippen LogP contribution is 2.15. The first-order chi connectivity index (χ1) is 6.72. The summed E-state index contributed by atoms with van der Waals surface area (Å²) in [5.74, 6) is 0.808. The van der Waals surface area contributed by atoms with E-state index in [1.54, 1.807) is 0 Å². The number of nitrogens with one attached hydrogen (secondary N) is 1. The molecule has 1 saturated heterocycles. The van der Waals surface area contributed by atoms with Crippen molar-refractivity contribution >= 4 is 0 Å². The Morgan fingerprint density at radius 2 is 2.36 bits per heavy atom. The molecular weight excluding hydrogens is 176 g/mol. The highest BCUT2D eigenvalue weighted by Gasteiger charge is 2.18. The second kappa shape index (κ2) is 6.38. The van der Waals surface area contributed by atoms with Crippen molar-refractivity contribution in [2.24, 2.45) is 5.92 Å². The second-order valence-electron chi connectivity index (χ2n) is 4.50. The standard InChI is InChI=1S/C11H24N2O/c1-10(14)5-7-13-6-3-4-11(9-13)8-12-2/h10-12,14H,3-9H2,1-2H3. The zero-order chi connectivity index (χ0) is 10.4. The summed E-state index contributed by atoms with van der Waals surface area (Å²) in [5, 5.41) is 12.5. The number of hydrogen-bond donors (Lipinski definition) is 2. The number of likely N-dealkylation sites (tertiary alicyclic amines) is 1. The molecule has 1 rings (SSSR count). The zero-order valence-corrected chi connectivity index (χ0v) is 9.50. The van der Waals surface area contributed by atoms with Crippen LogP contribution in [0.5, 0.6) is 0 Å². The Balaban J connectivity index is 2.18. The van der Waals surface area contributed by atoms with E-state index >= 15 is 0 Å². The van der Waals surface area contributed by atoms with Crippen molar-refractivity contribution in [3.05, 3.63) is 0 Å². The predicted molar refractivity (Wildman–Crippen MR) is 59.4 cm³/mol. The smallest absolute Gasteiger partial charge is 0.0524 e. The average Bonchev–Trinajstić information content (AvgIpc) is 2.16. The highest BCUT2D eigenvalue weighted by atomic mass is 16.3. The molecule has 0 radical (unpaired) electrons. The molecule has 1 aliphatic heterocycles. The number of aliphatic hydroxyl groups is 1. The minimum absolute atomic E-state index is 0.153. The van der Waals surface area contributed by atoms with Gasteiger partial charge < -0.3 is 15.3 Å². The fraction of sp³-hybridized carbons (Fsp3) is 1.00. The summed E-state index contributed by atoms with van der Waals surface area (Å²) in [6.45, 7) is 6.47. The number of aliphatic hydroxyl groups excluding tert-OH is 1. The van der Waals surface area contributed by atoms with E-state index in [9.17, 15) is 5.11 Å². The Bertz CT molecular complexity index is 148. The monoisotopic (exact) mass is 200 g/mol. The minimum atomic E-state index is -0.153. The molecular formula is C11H24N2O. The molecule has 0 aliphatic carbocycles. The molecule has 14 heavy (non-hydrogen) atoms. The molecule has 0 spiro atoms. The van der Waals surface area contributed by atoms with Crippen LogP contribution in [0.1, 0.15) is 26.2 Å².